The lowest BCUT2D eigenvalue weighted by atomic mass is 10.1. The van der Waals surface area contributed by atoms with Crippen molar-refractivity contribution in [3.8, 4) is 5.75 Å². The second-order valence-electron chi connectivity index (χ2n) is 6.82. The smallest absolute Gasteiger partial charge is 0.261 e. The first-order chi connectivity index (χ1) is 14.9. The molecule has 1 N–H and O–H groups in total. The van der Waals surface area contributed by atoms with Gasteiger partial charge >= 0.3 is 0 Å². The number of hydrogen-bond donors (Lipinski definition) is 1. The molecule has 1 amide bonds. The van der Waals surface area contributed by atoms with Crippen LogP contribution in [0.4, 0.5) is 5.69 Å². The number of rotatable bonds is 9. The van der Waals surface area contributed by atoms with E-state index in [-0.39, 0.29) is 10.8 Å². The number of ether oxygens (including phenoxy) is 1. The van der Waals surface area contributed by atoms with Crippen molar-refractivity contribution in [1.82, 2.24) is 4.90 Å². The molecule has 0 aliphatic rings. The molecule has 0 aliphatic heterocycles. The quantitative estimate of drug-likeness (QED) is 0.507. The molecule has 6 nitrogen and oxygen atoms in total. The summed E-state index contributed by atoms with van der Waals surface area (Å²) < 4.78 is 32.9. The summed E-state index contributed by atoms with van der Waals surface area (Å²) in [6, 6.07) is 22.0. The van der Waals surface area contributed by atoms with E-state index in [9.17, 15) is 13.2 Å². The number of methoxy groups -OCH3 is 1. The maximum atomic E-state index is 13.1. The lowest BCUT2D eigenvalue weighted by molar-refractivity contribution is 0.0762. The van der Waals surface area contributed by atoms with Gasteiger partial charge in [0, 0.05) is 24.3 Å². The number of carbonyl (C=O) groups is 1. The van der Waals surface area contributed by atoms with E-state index in [2.05, 4.69) is 11.3 Å². The summed E-state index contributed by atoms with van der Waals surface area (Å²) in [4.78, 5) is 14.9. The van der Waals surface area contributed by atoms with E-state index in [1.165, 1.54) is 18.2 Å². The number of nitrogens with zero attached hydrogens (tertiary/aromatic N) is 1. The molecule has 0 bridgehead atoms. The highest BCUT2D eigenvalue weighted by atomic mass is 32.2. The molecule has 0 spiro atoms. The molecular formula is C24H24N2O4S. The van der Waals surface area contributed by atoms with Gasteiger partial charge in [-0.05, 0) is 48.0 Å². The number of nitrogens with one attached hydrogen (secondary N) is 1. The summed E-state index contributed by atoms with van der Waals surface area (Å²) >= 11 is 0. The Kier molecular flexibility index (Phi) is 7.10. The van der Waals surface area contributed by atoms with E-state index in [0.29, 0.717) is 24.3 Å². The van der Waals surface area contributed by atoms with Crippen molar-refractivity contribution in [2.24, 2.45) is 0 Å². The summed E-state index contributed by atoms with van der Waals surface area (Å²) in [7, 11) is -2.15. The molecule has 3 rings (SSSR count). The number of anilines is 1. The van der Waals surface area contributed by atoms with Crippen molar-refractivity contribution in [1.29, 1.82) is 0 Å². The molecule has 160 valence electrons. The second kappa shape index (κ2) is 9.95. The SMILES string of the molecule is C=CCN(Cc1ccc(OC)cc1)C(=O)c1cccc(NS(=O)(=O)c2ccccc2)c1. The third-order valence-electron chi connectivity index (χ3n) is 4.58. The van der Waals surface area contributed by atoms with Crippen LogP contribution in [0.25, 0.3) is 0 Å². The zero-order valence-corrected chi connectivity index (χ0v) is 18.0. The molecule has 31 heavy (non-hydrogen) atoms. The number of carbonyl (C=O) groups excluding carboxylic acids is 1. The first-order valence-electron chi connectivity index (χ1n) is 9.64. The minimum absolute atomic E-state index is 0.152. The summed E-state index contributed by atoms with van der Waals surface area (Å²) in [5, 5.41) is 0. The predicted octanol–water partition coefficient (Wildman–Crippen LogP) is 4.32. The molecule has 0 aromatic heterocycles. The highest BCUT2D eigenvalue weighted by Gasteiger charge is 2.18. The van der Waals surface area contributed by atoms with Gasteiger partial charge in [-0.2, -0.15) is 0 Å². The minimum atomic E-state index is -3.74. The van der Waals surface area contributed by atoms with Gasteiger partial charge in [-0.15, -0.1) is 6.58 Å². The van der Waals surface area contributed by atoms with Gasteiger partial charge in [-0.25, -0.2) is 8.42 Å². The van der Waals surface area contributed by atoms with Crippen molar-refractivity contribution in [3.63, 3.8) is 0 Å². The Bertz CT molecular complexity index is 1140. The lowest BCUT2D eigenvalue weighted by Crippen LogP contribution is -2.30. The van der Waals surface area contributed by atoms with Crippen LogP contribution in [-0.4, -0.2) is 32.9 Å². The van der Waals surface area contributed by atoms with Gasteiger partial charge in [0.2, 0.25) is 0 Å². The molecule has 0 radical (unpaired) electrons. The van der Waals surface area contributed by atoms with Gasteiger partial charge in [-0.3, -0.25) is 9.52 Å². The Morgan fingerprint density at radius 2 is 1.74 bits per heavy atom. The lowest BCUT2D eigenvalue weighted by Gasteiger charge is -2.22. The van der Waals surface area contributed by atoms with Crippen LogP contribution in [0.2, 0.25) is 0 Å². The molecular weight excluding hydrogens is 412 g/mol. The van der Waals surface area contributed by atoms with Crippen LogP contribution < -0.4 is 9.46 Å². The summed E-state index contributed by atoms with van der Waals surface area (Å²) in [6.07, 6.45) is 1.66. The van der Waals surface area contributed by atoms with Gasteiger partial charge in [0.15, 0.2) is 0 Å². The average Bonchev–Trinajstić information content (AvgIpc) is 2.79. The van der Waals surface area contributed by atoms with Crippen molar-refractivity contribution in [2.45, 2.75) is 11.4 Å². The Balaban J connectivity index is 1.80. The van der Waals surface area contributed by atoms with Crippen LogP contribution in [0.5, 0.6) is 5.75 Å². The summed E-state index contributed by atoms with van der Waals surface area (Å²) in [5.74, 6) is 0.514. The average molecular weight is 437 g/mol. The summed E-state index contributed by atoms with van der Waals surface area (Å²) in [6.45, 7) is 4.48. The molecule has 0 heterocycles. The van der Waals surface area contributed by atoms with Gasteiger partial charge in [0.25, 0.3) is 15.9 Å². The van der Waals surface area contributed by atoms with Gasteiger partial charge < -0.3 is 9.64 Å². The van der Waals surface area contributed by atoms with E-state index >= 15 is 0 Å². The molecule has 7 heteroatoms. The minimum Gasteiger partial charge on any atom is -0.497 e. The van der Waals surface area contributed by atoms with Crippen molar-refractivity contribution < 1.29 is 17.9 Å². The number of amides is 1. The fraction of sp³-hybridized carbons (Fsp3) is 0.125. The van der Waals surface area contributed by atoms with Crippen molar-refractivity contribution in [2.75, 3.05) is 18.4 Å². The van der Waals surface area contributed by atoms with Gasteiger partial charge in [-0.1, -0.05) is 42.5 Å². The van der Waals surface area contributed by atoms with Crippen LogP contribution in [0.15, 0.2) is 96.4 Å². The molecule has 0 saturated carbocycles. The molecule has 0 saturated heterocycles. The van der Waals surface area contributed by atoms with E-state index in [0.717, 1.165) is 11.3 Å². The van der Waals surface area contributed by atoms with Gasteiger partial charge in [0.1, 0.15) is 5.75 Å². The molecule has 0 fully saturated rings. The second-order valence-corrected chi connectivity index (χ2v) is 8.50. The maximum absolute atomic E-state index is 13.1. The molecule has 3 aromatic rings. The molecule has 0 aliphatic carbocycles. The van der Waals surface area contributed by atoms with E-state index < -0.39 is 10.0 Å². The van der Waals surface area contributed by atoms with E-state index in [4.69, 9.17) is 4.74 Å². The topological polar surface area (TPSA) is 75.7 Å². The molecule has 0 atom stereocenters. The standard InChI is InChI=1S/C24H24N2O4S/c1-3-16-26(18-19-12-14-22(30-2)15-13-19)24(27)20-8-7-9-21(17-20)25-31(28,29)23-10-5-4-6-11-23/h3-15,17,25H,1,16,18H2,2H3. The van der Waals surface area contributed by atoms with Gasteiger partial charge in [0.05, 0.1) is 12.0 Å². The number of benzene rings is 3. The normalized spacial score (nSPS) is 10.9. The first kappa shape index (κ1) is 22.1. The molecule has 3 aromatic carbocycles. The maximum Gasteiger partial charge on any atom is 0.261 e. The third kappa shape index (κ3) is 5.73. The van der Waals surface area contributed by atoms with Crippen LogP contribution in [-0.2, 0) is 16.6 Å². The highest BCUT2D eigenvalue weighted by Crippen LogP contribution is 2.19. The Hall–Kier alpha value is -3.58. The monoisotopic (exact) mass is 436 g/mol. The predicted molar refractivity (Wildman–Crippen MR) is 122 cm³/mol. The largest absolute Gasteiger partial charge is 0.497 e. The van der Waals surface area contributed by atoms with Crippen LogP contribution in [0.1, 0.15) is 15.9 Å². The van der Waals surface area contributed by atoms with Crippen LogP contribution >= 0.6 is 0 Å². The fourth-order valence-corrected chi connectivity index (χ4v) is 4.11. The van der Waals surface area contributed by atoms with E-state index in [1.807, 2.05) is 24.3 Å². The Morgan fingerprint density at radius 1 is 1.03 bits per heavy atom. The van der Waals surface area contributed by atoms with E-state index in [1.54, 1.807) is 54.5 Å². The summed E-state index contributed by atoms with van der Waals surface area (Å²) in [5.41, 5.74) is 1.64. The first-order valence-corrected chi connectivity index (χ1v) is 11.1. The third-order valence-corrected chi connectivity index (χ3v) is 5.98. The van der Waals surface area contributed by atoms with Crippen LogP contribution in [0.3, 0.4) is 0 Å². The fourth-order valence-electron chi connectivity index (χ4n) is 3.04. The zero-order valence-electron chi connectivity index (χ0n) is 17.2. The highest BCUT2D eigenvalue weighted by molar-refractivity contribution is 7.92. The number of hydrogen-bond acceptors (Lipinski definition) is 4. The van der Waals surface area contributed by atoms with Crippen molar-refractivity contribution in [3.05, 3.63) is 103 Å². The number of sulfonamides is 1. The Morgan fingerprint density at radius 3 is 2.39 bits per heavy atom. The molecule has 0 unspecified atom stereocenters. The van der Waals surface area contributed by atoms with Crippen molar-refractivity contribution >= 4 is 21.6 Å². The van der Waals surface area contributed by atoms with Crippen LogP contribution in [0, 0.1) is 0 Å². The zero-order chi connectivity index (χ0) is 22.3. The Labute approximate surface area is 182 Å².